The molecule has 4 aromatic rings. The smallest absolute Gasteiger partial charge is 0.312 e. The summed E-state index contributed by atoms with van der Waals surface area (Å²) in [6.45, 7) is 12.4. The van der Waals surface area contributed by atoms with Crippen LogP contribution in [0.3, 0.4) is 0 Å². The molecule has 8 rings (SSSR count). The molecule has 4 aromatic carbocycles. The summed E-state index contributed by atoms with van der Waals surface area (Å²) in [7, 11) is 0. The Morgan fingerprint density at radius 2 is 0.686 bits per heavy atom. The van der Waals surface area contributed by atoms with Crippen molar-refractivity contribution in [3.63, 3.8) is 0 Å². The van der Waals surface area contributed by atoms with Gasteiger partial charge in [-0.15, -0.1) is 0 Å². The first kappa shape index (κ1) is 53.2. The number of amides is 8. The molecule has 0 atom stereocenters. The first-order chi connectivity index (χ1) is 33.3. The molecule has 4 heterocycles. The number of carbonyl (C=O) groups is 8. The number of nitrogens with zero attached hydrogens (tertiary/aromatic N) is 4. The average Bonchev–Trinajstić information content (AvgIpc) is 3.30. The number of rotatable bonds is 4. The van der Waals surface area contributed by atoms with Gasteiger partial charge in [0.05, 0.1) is 0 Å². The van der Waals surface area contributed by atoms with Crippen molar-refractivity contribution in [1.29, 1.82) is 0 Å². The predicted molar refractivity (Wildman–Crippen MR) is 264 cm³/mol. The van der Waals surface area contributed by atoms with Crippen LogP contribution in [0.4, 0.5) is 11.4 Å². The van der Waals surface area contributed by atoms with Gasteiger partial charge in [0.15, 0.2) is 0 Å². The summed E-state index contributed by atoms with van der Waals surface area (Å²) in [5.74, 6) is -3.83. The highest BCUT2D eigenvalue weighted by molar-refractivity contribution is 6.36. The molecule has 0 saturated carbocycles. The van der Waals surface area contributed by atoms with Crippen LogP contribution in [0.1, 0.15) is 66.5 Å². The van der Waals surface area contributed by atoms with E-state index in [1.807, 2.05) is 24.3 Å². The second-order valence-electron chi connectivity index (χ2n) is 18.0. The molecule has 0 fully saturated rings. The SMILES string of the molecule is CC(C)N1CC(=O)NCCc2ccc(cc2)Oc2cccc(c2)NC(=O)CN(C(C)C)C(=O)C(=O)N(C(C)C)CC(=O)NCCc2ccc(cc2)Oc2cccc(c2)NC(=O)CN(C(C)C)C(=O)C1=O. The lowest BCUT2D eigenvalue weighted by atomic mass is 10.1. The lowest BCUT2D eigenvalue weighted by Gasteiger charge is -2.30. The van der Waals surface area contributed by atoms with Crippen LogP contribution in [0.15, 0.2) is 97.1 Å². The Kier molecular flexibility index (Phi) is 19.0. The molecule has 0 unspecified atom stereocenters. The minimum atomic E-state index is -0.918. The maximum absolute atomic E-state index is 13.6. The van der Waals surface area contributed by atoms with Gasteiger partial charge in [-0.25, -0.2) is 0 Å². The summed E-state index contributed by atoms with van der Waals surface area (Å²) in [5, 5.41) is 11.2. The fourth-order valence-electron chi connectivity index (χ4n) is 7.27. The largest absolute Gasteiger partial charge is 0.457 e. The Morgan fingerprint density at radius 3 is 0.986 bits per heavy atom. The number of nitrogens with one attached hydrogen (secondary N) is 4. The third-order valence-electron chi connectivity index (χ3n) is 11.2. The minimum Gasteiger partial charge on any atom is -0.457 e. The van der Waals surface area contributed by atoms with E-state index < -0.39 is 84.5 Å². The Bertz CT molecular complexity index is 2340. The second kappa shape index (κ2) is 25.0. The maximum Gasteiger partial charge on any atom is 0.312 e. The molecular formula is C52H64N8O10. The van der Waals surface area contributed by atoms with Crippen LogP contribution in [0.25, 0.3) is 0 Å². The molecule has 18 nitrogen and oxygen atoms in total. The Hall–Kier alpha value is -7.76. The molecule has 8 bridgehead atoms. The van der Waals surface area contributed by atoms with Gasteiger partial charge in [0.2, 0.25) is 23.6 Å². The van der Waals surface area contributed by atoms with Crippen LogP contribution in [0.5, 0.6) is 23.0 Å². The van der Waals surface area contributed by atoms with Gasteiger partial charge in [-0.1, -0.05) is 36.4 Å². The molecule has 70 heavy (non-hydrogen) atoms. The summed E-state index contributed by atoms with van der Waals surface area (Å²) in [6, 6.07) is 25.6. The molecule has 0 aliphatic carbocycles. The molecule has 4 aliphatic heterocycles. The van der Waals surface area contributed by atoms with Gasteiger partial charge < -0.3 is 50.3 Å². The van der Waals surface area contributed by atoms with Crippen LogP contribution in [-0.2, 0) is 51.2 Å². The van der Waals surface area contributed by atoms with Gasteiger partial charge in [0.25, 0.3) is 0 Å². The van der Waals surface area contributed by atoms with E-state index >= 15 is 0 Å². The number of benzene rings is 4. The molecule has 0 radical (unpaired) electrons. The van der Waals surface area contributed by atoms with Gasteiger partial charge in [-0.2, -0.15) is 0 Å². The lowest BCUT2D eigenvalue weighted by Crippen LogP contribution is -2.53. The van der Waals surface area contributed by atoms with E-state index in [1.54, 1.807) is 128 Å². The molecule has 8 amide bonds. The number of anilines is 2. The van der Waals surface area contributed by atoms with Crippen LogP contribution in [0, 0.1) is 0 Å². The van der Waals surface area contributed by atoms with Crippen LogP contribution >= 0.6 is 0 Å². The fraction of sp³-hybridized carbons (Fsp3) is 0.385. The highest BCUT2D eigenvalue weighted by Crippen LogP contribution is 2.26. The number of hydrogen-bond donors (Lipinski definition) is 4. The zero-order valence-electron chi connectivity index (χ0n) is 41.1. The van der Waals surface area contributed by atoms with Gasteiger partial charge in [0, 0.05) is 60.8 Å². The minimum absolute atomic E-state index is 0.243. The van der Waals surface area contributed by atoms with Crippen molar-refractivity contribution in [2.24, 2.45) is 0 Å². The summed E-state index contributed by atoms with van der Waals surface area (Å²) in [5.41, 5.74) is 2.55. The van der Waals surface area contributed by atoms with Crippen molar-refractivity contribution < 1.29 is 47.8 Å². The van der Waals surface area contributed by atoms with Crippen LogP contribution in [0.2, 0.25) is 0 Å². The van der Waals surface area contributed by atoms with Crippen molar-refractivity contribution in [3.05, 3.63) is 108 Å². The van der Waals surface area contributed by atoms with Gasteiger partial charge in [0.1, 0.15) is 49.2 Å². The summed E-state index contributed by atoms with van der Waals surface area (Å²) >= 11 is 0. The predicted octanol–water partition coefficient (Wildman–Crippen LogP) is 5.13. The third-order valence-corrected chi connectivity index (χ3v) is 11.2. The standard InChI is InChI=1S/C52H64N8O10/c1-33(2)57-29-45(61)53-25-23-37-15-19-41(20-16-37)69-44-14-10-12-40(28-44)56-48(64)32-60(36(7)8)52(68)50(66)58(34(3)4)30-46(62)54-26-24-38-17-21-42(22-18-38)70-43-13-9-11-39(27-43)55-47(63)31-59(35(5)6)51(67)49(57)65/h9-22,27-28,33-36H,23-26,29-32H2,1-8H3,(H,53,61)(H,54,62)(H,55,63)(H,56,64). The van der Waals surface area contributed by atoms with Gasteiger partial charge in [-0.3, -0.25) is 38.4 Å². The van der Waals surface area contributed by atoms with Crippen molar-refractivity contribution in [2.75, 3.05) is 49.9 Å². The molecule has 4 N–H and O–H groups in total. The Morgan fingerprint density at radius 1 is 0.386 bits per heavy atom. The van der Waals surface area contributed by atoms with E-state index in [0.29, 0.717) is 47.2 Å². The zero-order chi connectivity index (χ0) is 51.1. The monoisotopic (exact) mass is 960 g/mol. The molecule has 18 heteroatoms. The fourth-order valence-corrected chi connectivity index (χ4v) is 7.27. The Balaban J connectivity index is 1.33. The first-order valence-electron chi connectivity index (χ1n) is 23.4. The molecule has 0 aromatic heterocycles. The summed E-state index contributed by atoms with van der Waals surface area (Å²) in [4.78, 5) is 112. The van der Waals surface area contributed by atoms with Gasteiger partial charge in [-0.05, 0) is 128 Å². The topological polar surface area (TPSA) is 216 Å². The van der Waals surface area contributed by atoms with Crippen LogP contribution < -0.4 is 30.7 Å². The molecule has 4 aliphatic rings. The lowest BCUT2D eigenvalue weighted by molar-refractivity contribution is -0.155. The Labute approximate surface area is 409 Å². The number of hydrogen-bond acceptors (Lipinski definition) is 10. The van der Waals surface area contributed by atoms with E-state index in [9.17, 15) is 38.4 Å². The van der Waals surface area contributed by atoms with Gasteiger partial charge >= 0.3 is 23.6 Å². The van der Waals surface area contributed by atoms with E-state index in [2.05, 4.69) is 21.3 Å². The number of ether oxygens (including phenoxy) is 2. The summed E-state index contributed by atoms with van der Waals surface area (Å²) < 4.78 is 12.1. The van der Waals surface area contributed by atoms with Crippen molar-refractivity contribution in [3.8, 4) is 23.0 Å². The van der Waals surface area contributed by atoms with E-state index in [0.717, 1.165) is 20.9 Å². The highest BCUT2D eigenvalue weighted by atomic mass is 16.5. The molecule has 0 spiro atoms. The second-order valence-corrected chi connectivity index (χ2v) is 18.0. The average molecular weight is 961 g/mol. The molecule has 0 saturated heterocycles. The molecule has 372 valence electrons. The summed E-state index contributed by atoms with van der Waals surface area (Å²) in [6.07, 6.45) is 0.902. The highest BCUT2D eigenvalue weighted by Gasteiger charge is 2.34. The van der Waals surface area contributed by atoms with E-state index in [4.69, 9.17) is 9.47 Å². The maximum atomic E-state index is 13.6. The first-order valence-corrected chi connectivity index (χ1v) is 23.4. The quantitative estimate of drug-likeness (QED) is 0.198. The third kappa shape index (κ3) is 15.6. The molecular weight excluding hydrogens is 897 g/mol. The normalized spacial score (nSPS) is 16.3. The van der Waals surface area contributed by atoms with Crippen molar-refractivity contribution in [1.82, 2.24) is 30.2 Å². The zero-order valence-corrected chi connectivity index (χ0v) is 41.1. The van der Waals surface area contributed by atoms with E-state index in [1.165, 1.54) is 9.80 Å². The van der Waals surface area contributed by atoms with Crippen molar-refractivity contribution in [2.45, 2.75) is 92.4 Å². The van der Waals surface area contributed by atoms with E-state index in [-0.39, 0.29) is 26.2 Å². The van der Waals surface area contributed by atoms with Crippen LogP contribution in [-0.4, -0.2) is 130 Å². The number of carbonyl (C=O) groups excluding carboxylic acids is 8. The van der Waals surface area contributed by atoms with Crippen molar-refractivity contribution >= 4 is 58.6 Å².